The van der Waals surface area contributed by atoms with Crippen molar-refractivity contribution in [3.63, 3.8) is 0 Å². The van der Waals surface area contributed by atoms with Crippen LogP contribution in [0, 0.1) is 0 Å². The molecule has 5 nitrogen and oxygen atoms in total. The molecule has 1 unspecified atom stereocenters. The van der Waals surface area contributed by atoms with E-state index in [1.165, 1.54) is 23.5 Å². The molecule has 1 aromatic carbocycles. The predicted octanol–water partition coefficient (Wildman–Crippen LogP) is 2.14. The summed E-state index contributed by atoms with van der Waals surface area (Å²) < 4.78 is 0. The number of fused-ring (bicyclic) bond motifs is 1. The van der Waals surface area contributed by atoms with Gasteiger partial charge in [-0.3, -0.25) is 0 Å². The lowest BCUT2D eigenvalue weighted by atomic mass is 9.88. The number of carboxylic acid groups (broad SMARTS) is 1. The van der Waals surface area contributed by atoms with Crippen molar-refractivity contribution in [3.8, 4) is 0 Å². The van der Waals surface area contributed by atoms with Crippen molar-refractivity contribution in [2.75, 3.05) is 5.32 Å². The number of anilines is 1. The van der Waals surface area contributed by atoms with Crippen molar-refractivity contribution < 1.29 is 9.90 Å². The highest BCUT2D eigenvalue weighted by molar-refractivity contribution is 5.84. The summed E-state index contributed by atoms with van der Waals surface area (Å²) in [6.45, 7) is 0. The smallest absolute Gasteiger partial charge is 0.356 e. The number of nitrogens with one attached hydrogen (secondary N) is 1. The van der Waals surface area contributed by atoms with Gasteiger partial charge in [-0.05, 0) is 30.4 Å². The molecule has 2 aromatic rings. The summed E-state index contributed by atoms with van der Waals surface area (Å²) in [5.41, 5.74) is 2.74. The summed E-state index contributed by atoms with van der Waals surface area (Å²) in [6.07, 6.45) is 5.80. The fraction of sp³-hybridized carbons (Fsp3) is 0.267. The fourth-order valence-electron chi connectivity index (χ4n) is 2.54. The minimum Gasteiger partial charge on any atom is -0.476 e. The van der Waals surface area contributed by atoms with Crippen LogP contribution in [0.2, 0.25) is 0 Å². The van der Waals surface area contributed by atoms with E-state index >= 15 is 0 Å². The number of rotatable bonds is 3. The van der Waals surface area contributed by atoms with Crippen molar-refractivity contribution in [1.82, 2.24) is 9.97 Å². The second-order valence-electron chi connectivity index (χ2n) is 4.94. The van der Waals surface area contributed by atoms with Gasteiger partial charge >= 0.3 is 5.97 Å². The topological polar surface area (TPSA) is 75.1 Å². The van der Waals surface area contributed by atoms with E-state index in [2.05, 4.69) is 39.6 Å². The summed E-state index contributed by atoms with van der Waals surface area (Å²) in [7, 11) is 0. The quantitative estimate of drug-likeness (QED) is 0.893. The average Bonchev–Trinajstić information content (AvgIpc) is 2.48. The molecule has 1 aromatic heterocycles. The van der Waals surface area contributed by atoms with E-state index < -0.39 is 5.97 Å². The molecular weight excluding hydrogens is 254 g/mol. The number of aryl methyl sites for hydroxylation is 1. The highest BCUT2D eigenvalue weighted by Gasteiger charge is 2.18. The molecule has 0 aliphatic heterocycles. The number of aromatic nitrogens is 2. The highest BCUT2D eigenvalue weighted by atomic mass is 16.4. The molecule has 0 saturated heterocycles. The van der Waals surface area contributed by atoms with Crippen LogP contribution in [0.4, 0.5) is 5.82 Å². The molecule has 1 aliphatic carbocycles. The number of hydrogen-bond acceptors (Lipinski definition) is 4. The van der Waals surface area contributed by atoms with Crippen molar-refractivity contribution in [2.24, 2.45) is 0 Å². The van der Waals surface area contributed by atoms with Crippen molar-refractivity contribution >= 4 is 11.8 Å². The van der Waals surface area contributed by atoms with E-state index in [9.17, 15) is 4.79 Å². The van der Waals surface area contributed by atoms with Crippen molar-refractivity contribution in [3.05, 3.63) is 53.5 Å². The zero-order valence-electron chi connectivity index (χ0n) is 10.9. The molecule has 0 amide bonds. The average molecular weight is 269 g/mol. The molecule has 0 fully saturated rings. The third-order valence-corrected chi connectivity index (χ3v) is 3.57. The molecule has 20 heavy (non-hydrogen) atoms. The van der Waals surface area contributed by atoms with E-state index in [4.69, 9.17) is 5.11 Å². The molecule has 1 atom stereocenters. The van der Waals surface area contributed by atoms with E-state index in [0.717, 1.165) is 19.3 Å². The number of carbonyl (C=O) groups is 1. The van der Waals surface area contributed by atoms with Crippen molar-refractivity contribution in [2.45, 2.75) is 25.3 Å². The molecule has 0 spiro atoms. The lowest BCUT2D eigenvalue weighted by molar-refractivity contribution is 0.0690. The first-order valence-corrected chi connectivity index (χ1v) is 6.61. The van der Waals surface area contributed by atoms with Gasteiger partial charge in [-0.2, -0.15) is 0 Å². The molecule has 0 saturated carbocycles. The van der Waals surface area contributed by atoms with Crippen LogP contribution in [-0.2, 0) is 12.8 Å². The molecule has 0 bridgehead atoms. The maximum Gasteiger partial charge on any atom is 0.356 e. The van der Waals surface area contributed by atoms with Gasteiger partial charge in [0.1, 0.15) is 5.82 Å². The molecule has 5 heteroatoms. The van der Waals surface area contributed by atoms with Crippen LogP contribution in [0.3, 0.4) is 0 Å². The predicted molar refractivity (Wildman–Crippen MR) is 74.9 cm³/mol. The van der Waals surface area contributed by atoms with Crippen LogP contribution < -0.4 is 5.32 Å². The van der Waals surface area contributed by atoms with Gasteiger partial charge in [-0.25, -0.2) is 14.8 Å². The van der Waals surface area contributed by atoms with Gasteiger partial charge in [0.05, 0.1) is 12.4 Å². The number of nitrogens with zero attached hydrogens (tertiary/aromatic N) is 2. The largest absolute Gasteiger partial charge is 0.476 e. The number of hydrogen-bond donors (Lipinski definition) is 2. The number of benzene rings is 1. The Morgan fingerprint density at radius 3 is 2.70 bits per heavy atom. The SMILES string of the molecule is O=C(O)c1cnc(NC2CCc3ccccc3C2)cn1. The summed E-state index contributed by atoms with van der Waals surface area (Å²) >= 11 is 0. The lowest BCUT2D eigenvalue weighted by Gasteiger charge is -2.25. The first kappa shape index (κ1) is 12.6. The summed E-state index contributed by atoms with van der Waals surface area (Å²) in [4.78, 5) is 18.7. The first-order chi connectivity index (χ1) is 9.72. The van der Waals surface area contributed by atoms with E-state index in [1.54, 1.807) is 0 Å². The van der Waals surface area contributed by atoms with Crippen LogP contribution >= 0.6 is 0 Å². The van der Waals surface area contributed by atoms with Gasteiger partial charge in [0.15, 0.2) is 5.69 Å². The number of carboxylic acids is 1. The summed E-state index contributed by atoms with van der Waals surface area (Å²) in [5, 5.41) is 12.1. The Balaban J connectivity index is 1.69. The van der Waals surface area contributed by atoms with Crippen LogP contribution in [-0.4, -0.2) is 27.1 Å². The Kier molecular flexibility index (Phi) is 3.33. The third kappa shape index (κ3) is 2.61. The summed E-state index contributed by atoms with van der Waals surface area (Å²) in [5.74, 6) is -0.435. The Morgan fingerprint density at radius 2 is 2.00 bits per heavy atom. The minimum absolute atomic E-state index is 0.0375. The van der Waals surface area contributed by atoms with Crippen LogP contribution in [0.25, 0.3) is 0 Å². The Morgan fingerprint density at radius 1 is 1.20 bits per heavy atom. The van der Waals surface area contributed by atoms with Gasteiger partial charge in [0.2, 0.25) is 0 Å². The number of aromatic carboxylic acids is 1. The van der Waals surface area contributed by atoms with Gasteiger partial charge in [0, 0.05) is 6.04 Å². The minimum atomic E-state index is -1.06. The molecule has 1 heterocycles. The molecular formula is C15H15N3O2. The van der Waals surface area contributed by atoms with E-state index in [1.807, 2.05) is 0 Å². The molecule has 2 N–H and O–H groups in total. The second-order valence-corrected chi connectivity index (χ2v) is 4.94. The lowest BCUT2D eigenvalue weighted by Crippen LogP contribution is -2.27. The van der Waals surface area contributed by atoms with Crippen molar-refractivity contribution in [1.29, 1.82) is 0 Å². The highest BCUT2D eigenvalue weighted by Crippen LogP contribution is 2.22. The standard InChI is InChI=1S/C15H15N3O2/c19-15(20)13-8-17-14(9-16-13)18-12-6-5-10-3-1-2-4-11(10)7-12/h1-4,8-9,12H,5-7H2,(H,17,18)(H,19,20). The van der Waals surface area contributed by atoms with Crippen LogP contribution in [0.15, 0.2) is 36.7 Å². The van der Waals surface area contributed by atoms with Crippen LogP contribution in [0.5, 0.6) is 0 Å². The maximum absolute atomic E-state index is 10.7. The Labute approximate surface area is 116 Å². The van der Waals surface area contributed by atoms with Gasteiger partial charge < -0.3 is 10.4 Å². The Hall–Kier alpha value is -2.43. The summed E-state index contributed by atoms with van der Waals surface area (Å²) in [6, 6.07) is 8.77. The van der Waals surface area contributed by atoms with Gasteiger partial charge in [0.25, 0.3) is 0 Å². The third-order valence-electron chi connectivity index (χ3n) is 3.57. The monoisotopic (exact) mass is 269 g/mol. The molecule has 1 aliphatic rings. The zero-order valence-corrected chi connectivity index (χ0v) is 10.9. The molecule has 0 radical (unpaired) electrons. The van der Waals surface area contributed by atoms with E-state index in [0.29, 0.717) is 11.9 Å². The second kappa shape index (κ2) is 5.28. The Bertz CT molecular complexity index is 625. The molecule has 3 rings (SSSR count). The zero-order chi connectivity index (χ0) is 13.9. The first-order valence-electron chi connectivity index (χ1n) is 6.61. The van der Waals surface area contributed by atoms with Gasteiger partial charge in [-0.15, -0.1) is 0 Å². The maximum atomic E-state index is 10.7. The normalized spacial score (nSPS) is 17.3. The molecule has 102 valence electrons. The van der Waals surface area contributed by atoms with Crippen LogP contribution in [0.1, 0.15) is 28.0 Å². The van der Waals surface area contributed by atoms with E-state index in [-0.39, 0.29) is 5.69 Å². The van der Waals surface area contributed by atoms with Gasteiger partial charge in [-0.1, -0.05) is 24.3 Å². The fourth-order valence-corrected chi connectivity index (χ4v) is 2.54.